The van der Waals surface area contributed by atoms with Gasteiger partial charge in [0.15, 0.2) is 0 Å². The number of anilines is 3. The second-order valence-electron chi connectivity index (χ2n) is 5.98. The number of hydrogen-bond acceptors (Lipinski definition) is 4. The first-order valence-corrected chi connectivity index (χ1v) is 7.98. The second-order valence-corrected chi connectivity index (χ2v) is 5.98. The van der Waals surface area contributed by atoms with Crippen molar-refractivity contribution in [1.29, 1.82) is 0 Å². The highest BCUT2D eigenvalue weighted by molar-refractivity contribution is 6.16. The molecule has 1 aliphatic heterocycles. The molecule has 2 aromatic rings. The predicted molar refractivity (Wildman–Crippen MR) is 93.8 cm³/mol. The summed E-state index contributed by atoms with van der Waals surface area (Å²) < 4.78 is 0. The van der Waals surface area contributed by atoms with E-state index in [2.05, 4.69) is 10.3 Å². The maximum absolute atomic E-state index is 13.1. The largest absolute Gasteiger partial charge is 0.384 e. The Hall–Kier alpha value is -2.89. The van der Waals surface area contributed by atoms with Crippen LogP contribution in [0.1, 0.15) is 30.6 Å². The van der Waals surface area contributed by atoms with Crippen LogP contribution in [-0.4, -0.2) is 22.8 Å². The van der Waals surface area contributed by atoms with Gasteiger partial charge in [-0.3, -0.25) is 14.5 Å². The van der Waals surface area contributed by atoms with E-state index in [1.165, 1.54) is 6.20 Å². The molecule has 0 saturated carbocycles. The molecule has 3 N–H and O–H groups in total. The van der Waals surface area contributed by atoms with Gasteiger partial charge >= 0.3 is 0 Å². The van der Waals surface area contributed by atoms with Crippen LogP contribution in [-0.2, 0) is 4.79 Å². The lowest BCUT2D eigenvalue weighted by molar-refractivity contribution is -0.118. The van der Waals surface area contributed by atoms with Crippen molar-refractivity contribution in [2.75, 3.05) is 16.0 Å². The molecule has 1 aromatic carbocycles. The molecule has 0 spiro atoms. The molecule has 1 aliphatic rings. The number of pyridine rings is 1. The molecule has 3 rings (SSSR count). The molecule has 0 fully saturated rings. The van der Waals surface area contributed by atoms with Gasteiger partial charge in [-0.05, 0) is 30.2 Å². The number of carbonyl (C=O) groups excluding carboxylic acids is 2. The summed E-state index contributed by atoms with van der Waals surface area (Å²) in [5.41, 5.74) is 7.34. The number of nitrogens with zero attached hydrogens (tertiary/aromatic N) is 2. The molecular formula is C18H20N4O2. The van der Waals surface area contributed by atoms with Gasteiger partial charge in [0.25, 0.3) is 5.91 Å². The van der Waals surface area contributed by atoms with Gasteiger partial charge in [-0.15, -0.1) is 0 Å². The van der Waals surface area contributed by atoms with Crippen LogP contribution in [0.2, 0.25) is 0 Å². The molecule has 2 amide bonds. The number of nitrogen functional groups attached to an aromatic ring is 1. The molecule has 0 aliphatic carbocycles. The van der Waals surface area contributed by atoms with Gasteiger partial charge in [0.05, 0.1) is 16.9 Å². The molecule has 0 radical (unpaired) electrons. The van der Waals surface area contributed by atoms with Gasteiger partial charge in [0, 0.05) is 6.20 Å². The first-order valence-electron chi connectivity index (χ1n) is 7.98. The topological polar surface area (TPSA) is 88.3 Å². The summed E-state index contributed by atoms with van der Waals surface area (Å²) in [5, 5.41) is 2.90. The lowest BCUT2D eigenvalue weighted by atomic mass is 9.93. The average Bonchev–Trinajstić information content (AvgIpc) is 2.60. The van der Waals surface area contributed by atoms with E-state index >= 15 is 0 Å². The normalized spacial score (nSPS) is 17.8. The summed E-state index contributed by atoms with van der Waals surface area (Å²) in [5.74, 6) is -0.0548. The quantitative estimate of drug-likeness (QED) is 0.908. The average molecular weight is 324 g/mol. The van der Waals surface area contributed by atoms with Crippen LogP contribution in [0, 0.1) is 5.92 Å². The minimum absolute atomic E-state index is 0.0176. The molecule has 6 nitrogen and oxygen atoms in total. The van der Waals surface area contributed by atoms with Gasteiger partial charge in [-0.2, -0.15) is 0 Å². The van der Waals surface area contributed by atoms with Crippen molar-refractivity contribution in [2.24, 2.45) is 5.92 Å². The first-order chi connectivity index (χ1) is 11.5. The number of amides is 2. The van der Waals surface area contributed by atoms with E-state index in [0.717, 1.165) is 6.42 Å². The zero-order chi connectivity index (χ0) is 17.3. The number of nitrogens with one attached hydrogen (secondary N) is 1. The Labute approximate surface area is 140 Å². The summed E-state index contributed by atoms with van der Waals surface area (Å²) in [7, 11) is 0. The van der Waals surface area contributed by atoms with E-state index < -0.39 is 6.04 Å². The Bertz CT molecular complexity index is 773. The van der Waals surface area contributed by atoms with Crippen LogP contribution in [0.15, 0.2) is 42.6 Å². The van der Waals surface area contributed by atoms with E-state index in [9.17, 15) is 9.59 Å². The number of benzene rings is 1. The van der Waals surface area contributed by atoms with E-state index in [1.54, 1.807) is 23.1 Å². The van der Waals surface area contributed by atoms with Gasteiger partial charge < -0.3 is 11.1 Å². The van der Waals surface area contributed by atoms with Crippen molar-refractivity contribution in [2.45, 2.75) is 26.3 Å². The van der Waals surface area contributed by atoms with Gasteiger partial charge in [0.2, 0.25) is 5.91 Å². The molecule has 2 unspecified atom stereocenters. The number of nitrogens with two attached hydrogens (primary N) is 1. The summed E-state index contributed by atoms with van der Waals surface area (Å²) in [6.45, 7) is 3.98. The summed E-state index contributed by atoms with van der Waals surface area (Å²) >= 11 is 0. The fourth-order valence-electron chi connectivity index (χ4n) is 2.91. The zero-order valence-electron chi connectivity index (χ0n) is 13.7. The lowest BCUT2D eigenvalue weighted by Gasteiger charge is -2.39. The number of carbonyl (C=O) groups is 2. The molecular weight excluding hydrogens is 304 g/mol. The summed E-state index contributed by atoms with van der Waals surface area (Å²) in [4.78, 5) is 31.3. The molecule has 6 heteroatoms. The highest BCUT2D eigenvalue weighted by Gasteiger charge is 2.39. The Balaban J connectivity index is 2.10. The highest BCUT2D eigenvalue weighted by Crippen LogP contribution is 2.35. The number of para-hydroxylation sites is 2. The molecule has 1 aromatic heterocycles. The van der Waals surface area contributed by atoms with E-state index in [1.807, 2.05) is 32.0 Å². The summed E-state index contributed by atoms with van der Waals surface area (Å²) in [6.07, 6.45) is 2.23. The predicted octanol–water partition coefficient (Wildman–Crippen LogP) is 2.68. The fourth-order valence-corrected chi connectivity index (χ4v) is 2.91. The van der Waals surface area contributed by atoms with Crippen LogP contribution in [0.3, 0.4) is 0 Å². The number of aromatic nitrogens is 1. The van der Waals surface area contributed by atoms with Crippen molar-refractivity contribution in [1.82, 2.24) is 4.98 Å². The lowest BCUT2D eigenvalue weighted by Crippen LogP contribution is -2.54. The van der Waals surface area contributed by atoms with E-state index in [0.29, 0.717) is 22.8 Å². The van der Waals surface area contributed by atoms with Gasteiger partial charge in [-0.1, -0.05) is 32.4 Å². The number of fused-ring (bicyclic) bond motifs is 1. The third kappa shape index (κ3) is 2.71. The second kappa shape index (κ2) is 6.31. The third-order valence-corrected chi connectivity index (χ3v) is 4.40. The smallest absolute Gasteiger partial charge is 0.260 e. The minimum Gasteiger partial charge on any atom is -0.384 e. The molecule has 124 valence electrons. The number of rotatable bonds is 3. The van der Waals surface area contributed by atoms with Crippen LogP contribution < -0.4 is 16.0 Å². The summed E-state index contributed by atoms with van der Waals surface area (Å²) in [6, 6.07) is 9.97. The molecule has 0 saturated heterocycles. The van der Waals surface area contributed by atoms with Crippen molar-refractivity contribution < 1.29 is 9.59 Å². The Morgan fingerprint density at radius 2 is 2.08 bits per heavy atom. The van der Waals surface area contributed by atoms with Crippen LogP contribution in [0.5, 0.6) is 0 Å². The molecule has 0 bridgehead atoms. The SMILES string of the molecule is CCC(C)C1C(=O)Nc2ccccc2N1C(=O)c1ccc(N)nc1. The van der Waals surface area contributed by atoms with Crippen LogP contribution in [0.4, 0.5) is 17.2 Å². The van der Waals surface area contributed by atoms with Gasteiger partial charge in [-0.25, -0.2) is 4.98 Å². The van der Waals surface area contributed by atoms with E-state index in [4.69, 9.17) is 5.73 Å². The monoisotopic (exact) mass is 324 g/mol. The Morgan fingerprint density at radius 1 is 1.33 bits per heavy atom. The standard InChI is InChI=1S/C18H20N4O2/c1-3-11(2)16-17(23)21-13-6-4-5-7-14(13)22(16)18(24)12-8-9-15(19)20-10-12/h4-11,16H,3H2,1-2H3,(H2,19,20)(H,21,23). The van der Waals surface area contributed by atoms with Crippen LogP contribution in [0.25, 0.3) is 0 Å². The maximum atomic E-state index is 13.1. The number of hydrogen-bond donors (Lipinski definition) is 2. The van der Waals surface area contributed by atoms with E-state index in [-0.39, 0.29) is 17.7 Å². The van der Waals surface area contributed by atoms with Crippen molar-refractivity contribution in [3.05, 3.63) is 48.2 Å². The Morgan fingerprint density at radius 3 is 2.75 bits per heavy atom. The fraction of sp³-hybridized carbons (Fsp3) is 0.278. The van der Waals surface area contributed by atoms with Gasteiger partial charge in [0.1, 0.15) is 11.9 Å². The zero-order valence-corrected chi connectivity index (χ0v) is 13.7. The van der Waals surface area contributed by atoms with Crippen LogP contribution >= 0.6 is 0 Å². The maximum Gasteiger partial charge on any atom is 0.260 e. The van der Waals surface area contributed by atoms with Crippen molar-refractivity contribution in [3.63, 3.8) is 0 Å². The van der Waals surface area contributed by atoms with Crippen molar-refractivity contribution >= 4 is 29.0 Å². The molecule has 2 atom stereocenters. The molecule has 2 heterocycles. The highest BCUT2D eigenvalue weighted by atomic mass is 16.2. The van der Waals surface area contributed by atoms with Crippen molar-refractivity contribution in [3.8, 4) is 0 Å². The minimum atomic E-state index is -0.560. The molecule has 24 heavy (non-hydrogen) atoms. The first kappa shape index (κ1) is 16.0. The third-order valence-electron chi connectivity index (χ3n) is 4.40. The Kier molecular flexibility index (Phi) is 4.20.